The van der Waals surface area contributed by atoms with Crippen LogP contribution >= 0.6 is 24.0 Å². The molecule has 0 aromatic carbocycles. The number of fused-ring (bicyclic) bond motifs is 1. The van der Waals surface area contributed by atoms with Gasteiger partial charge in [0.2, 0.25) is 0 Å². The second-order valence-electron chi connectivity index (χ2n) is 8.20. The van der Waals surface area contributed by atoms with Crippen LogP contribution in [0.1, 0.15) is 56.6 Å². The van der Waals surface area contributed by atoms with E-state index in [1.165, 1.54) is 63.9 Å². The summed E-state index contributed by atoms with van der Waals surface area (Å²) in [6, 6.07) is 0.705. The highest BCUT2D eigenvalue weighted by Crippen LogP contribution is 2.20. The van der Waals surface area contributed by atoms with Crippen LogP contribution in [-0.4, -0.2) is 76.3 Å². The monoisotopic (exact) mass is 501 g/mol. The van der Waals surface area contributed by atoms with Gasteiger partial charge in [0.1, 0.15) is 11.6 Å². The summed E-state index contributed by atoms with van der Waals surface area (Å²) in [7, 11) is 1.90. The summed E-state index contributed by atoms with van der Waals surface area (Å²) in [5.74, 6) is 3.35. The molecule has 0 amide bonds. The maximum Gasteiger partial charge on any atom is 0.193 e. The minimum atomic E-state index is 0. The van der Waals surface area contributed by atoms with Gasteiger partial charge in [-0.2, -0.15) is 0 Å². The lowest BCUT2D eigenvalue weighted by atomic mass is 10.1. The Labute approximate surface area is 186 Å². The molecule has 1 aromatic rings. The van der Waals surface area contributed by atoms with Crippen LogP contribution in [-0.2, 0) is 19.4 Å². The van der Waals surface area contributed by atoms with Crippen molar-refractivity contribution in [3.8, 4) is 0 Å². The number of nitrogens with one attached hydrogen (secondary N) is 1. The van der Waals surface area contributed by atoms with Gasteiger partial charge in [-0.15, -0.1) is 34.2 Å². The topological polar surface area (TPSA) is 61.6 Å². The molecule has 8 heteroatoms. The summed E-state index contributed by atoms with van der Waals surface area (Å²) < 4.78 is 2.35. The van der Waals surface area contributed by atoms with Gasteiger partial charge < -0.3 is 14.8 Å². The van der Waals surface area contributed by atoms with E-state index in [0.29, 0.717) is 6.04 Å². The lowest BCUT2D eigenvalue weighted by Crippen LogP contribution is -2.45. The number of halogens is 1. The summed E-state index contributed by atoms with van der Waals surface area (Å²) >= 11 is 0. The van der Waals surface area contributed by atoms with E-state index in [9.17, 15) is 0 Å². The molecule has 0 spiro atoms. The summed E-state index contributed by atoms with van der Waals surface area (Å²) in [6.07, 6.45) is 11.2. The Morgan fingerprint density at radius 1 is 1.04 bits per heavy atom. The fraction of sp³-hybridized carbons (Fsp3) is 0.850. The van der Waals surface area contributed by atoms with Crippen LogP contribution in [0.25, 0.3) is 0 Å². The lowest BCUT2D eigenvalue weighted by molar-refractivity contribution is 0.168. The number of hydrogen-bond donors (Lipinski definition) is 1. The van der Waals surface area contributed by atoms with Crippen LogP contribution in [0.5, 0.6) is 0 Å². The Morgan fingerprint density at radius 3 is 2.64 bits per heavy atom. The first-order valence-corrected chi connectivity index (χ1v) is 11.0. The third kappa shape index (κ3) is 5.17. The van der Waals surface area contributed by atoms with Crippen molar-refractivity contribution in [2.24, 2.45) is 4.99 Å². The molecule has 0 bridgehead atoms. The predicted molar refractivity (Wildman–Crippen MR) is 123 cm³/mol. The molecule has 0 saturated carbocycles. The van der Waals surface area contributed by atoms with E-state index in [4.69, 9.17) is 0 Å². The predicted octanol–water partition coefficient (Wildman–Crippen LogP) is 2.30. The highest BCUT2D eigenvalue weighted by Gasteiger charge is 2.29. The van der Waals surface area contributed by atoms with E-state index < -0.39 is 0 Å². The van der Waals surface area contributed by atoms with Gasteiger partial charge in [-0.25, -0.2) is 0 Å². The molecular weight excluding hydrogens is 465 g/mol. The molecular formula is C20H36IN7. The molecule has 158 valence electrons. The standard InChI is InChI=1S/C20H35N7.HI/c1-21-20(26-15-10-17(16-26)25-12-5-3-6-13-25)22-11-9-19-24-23-18-8-4-2-7-14-27(18)19;/h17H,2-16H2,1H3,(H,21,22);1H. The van der Waals surface area contributed by atoms with E-state index >= 15 is 0 Å². The van der Waals surface area contributed by atoms with Crippen molar-refractivity contribution < 1.29 is 0 Å². The number of hydrogen-bond acceptors (Lipinski definition) is 4. The number of guanidine groups is 1. The van der Waals surface area contributed by atoms with Crippen LogP contribution in [0, 0.1) is 0 Å². The molecule has 1 atom stereocenters. The van der Waals surface area contributed by atoms with Gasteiger partial charge in [-0.1, -0.05) is 12.8 Å². The quantitative estimate of drug-likeness (QED) is 0.390. The van der Waals surface area contributed by atoms with Crippen molar-refractivity contribution in [1.29, 1.82) is 0 Å². The van der Waals surface area contributed by atoms with E-state index in [1.54, 1.807) is 0 Å². The van der Waals surface area contributed by atoms with E-state index in [1.807, 2.05) is 7.05 Å². The molecule has 2 fully saturated rings. The average Bonchev–Trinajstić information content (AvgIpc) is 3.27. The van der Waals surface area contributed by atoms with Crippen molar-refractivity contribution in [3.05, 3.63) is 11.6 Å². The summed E-state index contributed by atoms with van der Waals surface area (Å²) in [5, 5.41) is 12.4. The van der Waals surface area contributed by atoms with Gasteiger partial charge in [0.25, 0.3) is 0 Å². The average molecular weight is 501 g/mol. The highest BCUT2D eigenvalue weighted by atomic mass is 127. The number of aliphatic imine (C=N–C) groups is 1. The molecule has 4 rings (SSSR count). The van der Waals surface area contributed by atoms with Crippen molar-refractivity contribution in [2.75, 3.05) is 39.8 Å². The fourth-order valence-electron chi connectivity index (χ4n) is 4.86. The molecule has 4 heterocycles. The third-order valence-corrected chi connectivity index (χ3v) is 6.40. The van der Waals surface area contributed by atoms with Crippen molar-refractivity contribution in [3.63, 3.8) is 0 Å². The Kier molecular flexibility index (Phi) is 8.37. The Bertz CT molecular complexity index is 638. The van der Waals surface area contributed by atoms with Crippen LogP contribution in [0.2, 0.25) is 0 Å². The number of piperidine rings is 1. The number of aryl methyl sites for hydroxylation is 1. The van der Waals surface area contributed by atoms with Gasteiger partial charge in [0.05, 0.1) is 0 Å². The summed E-state index contributed by atoms with van der Waals surface area (Å²) in [4.78, 5) is 9.67. The van der Waals surface area contributed by atoms with E-state index in [0.717, 1.165) is 50.8 Å². The van der Waals surface area contributed by atoms with Gasteiger partial charge in [-0.3, -0.25) is 9.89 Å². The minimum Gasteiger partial charge on any atom is -0.356 e. The number of likely N-dealkylation sites (tertiary alicyclic amines) is 2. The molecule has 2 saturated heterocycles. The maximum absolute atomic E-state index is 4.54. The zero-order chi connectivity index (χ0) is 18.5. The van der Waals surface area contributed by atoms with Crippen molar-refractivity contribution in [1.82, 2.24) is 29.9 Å². The molecule has 3 aliphatic heterocycles. The van der Waals surface area contributed by atoms with Crippen LogP contribution in [0.4, 0.5) is 0 Å². The summed E-state index contributed by atoms with van der Waals surface area (Å²) in [5.41, 5.74) is 0. The number of rotatable bonds is 4. The molecule has 1 aromatic heterocycles. The Morgan fingerprint density at radius 2 is 1.82 bits per heavy atom. The third-order valence-electron chi connectivity index (χ3n) is 6.40. The van der Waals surface area contributed by atoms with Gasteiger partial charge in [-0.05, 0) is 45.2 Å². The zero-order valence-corrected chi connectivity index (χ0v) is 19.6. The molecule has 3 aliphatic rings. The molecule has 7 nitrogen and oxygen atoms in total. The van der Waals surface area contributed by atoms with E-state index in [2.05, 4.69) is 34.9 Å². The van der Waals surface area contributed by atoms with Gasteiger partial charge >= 0.3 is 0 Å². The molecule has 1 N–H and O–H groups in total. The highest BCUT2D eigenvalue weighted by molar-refractivity contribution is 14.0. The van der Waals surface area contributed by atoms with Crippen molar-refractivity contribution in [2.45, 2.75) is 70.4 Å². The van der Waals surface area contributed by atoms with E-state index in [-0.39, 0.29) is 24.0 Å². The normalized spacial score (nSPS) is 23.8. The van der Waals surface area contributed by atoms with Gasteiger partial charge in [0, 0.05) is 52.1 Å². The first-order chi connectivity index (χ1) is 13.3. The Balaban J connectivity index is 0.00000225. The molecule has 28 heavy (non-hydrogen) atoms. The molecule has 0 aliphatic carbocycles. The number of nitrogens with zero attached hydrogens (tertiary/aromatic N) is 6. The zero-order valence-electron chi connectivity index (χ0n) is 17.3. The Hall–Kier alpha value is -0.900. The van der Waals surface area contributed by atoms with Gasteiger partial charge in [0.15, 0.2) is 5.96 Å². The second kappa shape index (κ2) is 10.8. The fourth-order valence-corrected chi connectivity index (χ4v) is 4.86. The lowest BCUT2D eigenvalue weighted by Gasteiger charge is -2.32. The molecule has 1 unspecified atom stereocenters. The van der Waals surface area contributed by atoms with Crippen LogP contribution in [0.15, 0.2) is 4.99 Å². The van der Waals surface area contributed by atoms with Crippen LogP contribution in [0.3, 0.4) is 0 Å². The van der Waals surface area contributed by atoms with Crippen molar-refractivity contribution >= 4 is 29.9 Å². The largest absolute Gasteiger partial charge is 0.356 e. The van der Waals surface area contributed by atoms with Crippen LogP contribution < -0.4 is 5.32 Å². The molecule has 0 radical (unpaired) electrons. The second-order valence-corrected chi connectivity index (χ2v) is 8.20. The minimum absolute atomic E-state index is 0. The summed E-state index contributed by atoms with van der Waals surface area (Å²) in [6.45, 7) is 6.73. The SMILES string of the molecule is CN=C(NCCc1nnc2n1CCCCC2)N1CCC(N2CCCCC2)C1.I. The first-order valence-electron chi connectivity index (χ1n) is 11.0. The number of aromatic nitrogens is 3. The first kappa shape index (κ1) is 21.8. The smallest absolute Gasteiger partial charge is 0.193 e. The maximum atomic E-state index is 4.54.